The molecule has 22 heavy (non-hydrogen) atoms. The molecule has 0 bridgehead atoms. The Balaban J connectivity index is 0.000000847. The van der Waals surface area contributed by atoms with Crippen LogP contribution in [0.5, 0.6) is 0 Å². The van der Waals surface area contributed by atoms with Crippen LogP contribution in [0.15, 0.2) is 59.6 Å². The molecule has 0 N–H and O–H groups in total. The van der Waals surface area contributed by atoms with Gasteiger partial charge in [-0.15, -0.1) is 0 Å². The van der Waals surface area contributed by atoms with Crippen LogP contribution in [-0.4, -0.2) is 12.4 Å². The Morgan fingerprint density at radius 1 is 0.818 bits per heavy atom. The molecule has 0 amide bonds. The molecular formula is C18H21NO2S. The second kappa shape index (κ2) is 6.36. The first kappa shape index (κ1) is 16.3. The average Bonchev–Trinajstić information content (AvgIpc) is 2.93. The van der Waals surface area contributed by atoms with E-state index in [0.717, 1.165) is 16.5 Å². The molecule has 0 spiro atoms. The number of hydrogen-bond donors (Lipinski definition) is 0. The summed E-state index contributed by atoms with van der Waals surface area (Å²) in [5.41, 5.74) is 2.79. The van der Waals surface area contributed by atoms with Crippen molar-refractivity contribution in [2.45, 2.75) is 32.6 Å². The van der Waals surface area contributed by atoms with E-state index in [1.54, 1.807) is 18.3 Å². The lowest BCUT2D eigenvalue weighted by atomic mass is 10.2. The molecule has 1 aromatic heterocycles. The summed E-state index contributed by atoms with van der Waals surface area (Å²) in [6.07, 6.45) is 1.61. The molecule has 0 radical (unpaired) electrons. The van der Waals surface area contributed by atoms with E-state index >= 15 is 0 Å². The molecule has 0 aliphatic carbocycles. The van der Waals surface area contributed by atoms with Gasteiger partial charge in [0.05, 0.1) is 10.4 Å². The van der Waals surface area contributed by atoms with Gasteiger partial charge in [0, 0.05) is 11.6 Å². The Hall–Kier alpha value is -2.07. The van der Waals surface area contributed by atoms with Gasteiger partial charge >= 0.3 is 0 Å². The molecular weight excluding hydrogens is 294 g/mol. The van der Waals surface area contributed by atoms with Gasteiger partial charge in [0.25, 0.3) is 10.0 Å². The molecule has 0 saturated heterocycles. The number of aromatic nitrogens is 1. The lowest BCUT2D eigenvalue weighted by molar-refractivity contribution is 0.589. The Morgan fingerprint density at radius 2 is 1.41 bits per heavy atom. The van der Waals surface area contributed by atoms with Crippen molar-refractivity contribution >= 4 is 20.9 Å². The van der Waals surface area contributed by atoms with Crippen molar-refractivity contribution in [2.24, 2.45) is 0 Å². The molecule has 2 aromatic carbocycles. The van der Waals surface area contributed by atoms with Crippen molar-refractivity contribution in [1.29, 1.82) is 0 Å². The van der Waals surface area contributed by atoms with Crippen LogP contribution in [0.3, 0.4) is 0 Å². The van der Waals surface area contributed by atoms with Crippen LogP contribution in [0.1, 0.15) is 25.0 Å². The van der Waals surface area contributed by atoms with Gasteiger partial charge in [-0.3, -0.25) is 0 Å². The summed E-state index contributed by atoms with van der Waals surface area (Å²) in [4.78, 5) is 0.308. The predicted octanol–water partition coefficient (Wildman–Crippen LogP) is 4.52. The number of fused-ring (bicyclic) bond motifs is 1. The summed E-state index contributed by atoms with van der Waals surface area (Å²) in [7, 11) is -3.54. The zero-order valence-electron chi connectivity index (χ0n) is 13.4. The van der Waals surface area contributed by atoms with Crippen LogP contribution < -0.4 is 0 Å². The second-order valence-corrected chi connectivity index (χ2v) is 6.81. The normalized spacial score (nSPS) is 11.1. The van der Waals surface area contributed by atoms with Crippen molar-refractivity contribution in [2.75, 3.05) is 0 Å². The number of rotatable bonds is 2. The fourth-order valence-electron chi connectivity index (χ4n) is 2.25. The van der Waals surface area contributed by atoms with E-state index in [4.69, 9.17) is 0 Å². The third-order valence-electron chi connectivity index (χ3n) is 3.39. The maximum atomic E-state index is 12.7. The van der Waals surface area contributed by atoms with E-state index < -0.39 is 10.0 Å². The summed E-state index contributed by atoms with van der Waals surface area (Å²) in [6, 6.07) is 14.5. The van der Waals surface area contributed by atoms with Gasteiger partial charge < -0.3 is 0 Å². The molecule has 1 heterocycles. The third-order valence-corrected chi connectivity index (χ3v) is 5.09. The van der Waals surface area contributed by atoms with E-state index in [-0.39, 0.29) is 0 Å². The summed E-state index contributed by atoms with van der Waals surface area (Å²) >= 11 is 0. The minimum absolute atomic E-state index is 0.308. The van der Waals surface area contributed by atoms with E-state index in [1.807, 2.05) is 64.1 Å². The highest BCUT2D eigenvalue weighted by Crippen LogP contribution is 2.23. The van der Waals surface area contributed by atoms with Crippen LogP contribution in [0, 0.1) is 13.8 Å². The lowest BCUT2D eigenvalue weighted by Crippen LogP contribution is -2.11. The van der Waals surface area contributed by atoms with Crippen molar-refractivity contribution in [1.82, 2.24) is 3.97 Å². The Bertz CT molecular complexity index is 875. The van der Waals surface area contributed by atoms with E-state index in [1.165, 1.54) is 3.97 Å². The van der Waals surface area contributed by atoms with Crippen LogP contribution in [0.25, 0.3) is 10.9 Å². The van der Waals surface area contributed by atoms with E-state index in [2.05, 4.69) is 0 Å². The minimum atomic E-state index is -3.54. The topological polar surface area (TPSA) is 39.1 Å². The first-order valence-corrected chi connectivity index (χ1v) is 8.82. The summed E-state index contributed by atoms with van der Waals surface area (Å²) < 4.78 is 26.7. The number of benzene rings is 2. The number of hydrogen-bond acceptors (Lipinski definition) is 2. The molecule has 3 nitrogen and oxygen atoms in total. The molecule has 0 aliphatic rings. The van der Waals surface area contributed by atoms with Gasteiger partial charge in [0.2, 0.25) is 0 Å². The fourth-order valence-corrected chi connectivity index (χ4v) is 3.59. The highest BCUT2D eigenvalue weighted by atomic mass is 32.2. The Kier molecular flexibility index (Phi) is 4.71. The van der Waals surface area contributed by atoms with Crippen molar-refractivity contribution < 1.29 is 8.42 Å². The Morgan fingerprint density at radius 3 is 2.05 bits per heavy atom. The van der Waals surface area contributed by atoms with Gasteiger partial charge in [-0.25, -0.2) is 12.4 Å². The molecule has 0 unspecified atom stereocenters. The fraction of sp³-hybridized carbons (Fsp3) is 0.222. The molecule has 4 heteroatoms. The smallest absolute Gasteiger partial charge is 0.241 e. The third kappa shape index (κ3) is 2.92. The first-order valence-electron chi connectivity index (χ1n) is 7.38. The zero-order valence-corrected chi connectivity index (χ0v) is 14.2. The zero-order chi connectivity index (χ0) is 16.3. The highest BCUT2D eigenvalue weighted by molar-refractivity contribution is 7.90. The van der Waals surface area contributed by atoms with Gasteiger partial charge in [-0.1, -0.05) is 43.7 Å². The summed E-state index contributed by atoms with van der Waals surface area (Å²) in [5, 5.41) is 0.922. The standard InChI is InChI=1S/C16H15NO2S.C2H6/c1-12-4-7-15(8-5-12)20(18,19)17-10-9-14-6-3-13(2)11-16(14)17;1-2/h3-11H,1-2H3;1-2H3. The molecule has 0 aliphatic heterocycles. The monoisotopic (exact) mass is 315 g/mol. The first-order chi connectivity index (χ1) is 10.5. The van der Waals surface area contributed by atoms with Crippen molar-refractivity contribution in [3.63, 3.8) is 0 Å². The predicted molar refractivity (Wildman–Crippen MR) is 91.8 cm³/mol. The average molecular weight is 315 g/mol. The minimum Gasteiger partial charge on any atom is -0.241 e. The largest absolute Gasteiger partial charge is 0.268 e. The molecule has 116 valence electrons. The SMILES string of the molecule is CC.Cc1ccc(S(=O)(=O)n2ccc3ccc(C)cc32)cc1. The maximum absolute atomic E-state index is 12.7. The quantitative estimate of drug-likeness (QED) is 0.697. The van der Waals surface area contributed by atoms with Crippen LogP contribution >= 0.6 is 0 Å². The molecule has 3 rings (SSSR count). The van der Waals surface area contributed by atoms with Crippen LogP contribution in [-0.2, 0) is 10.0 Å². The van der Waals surface area contributed by atoms with E-state index in [9.17, 15) is 8.42 Å². The van der Waals surface area contributed by atoms with Crippen molar-refractivity contribution in [3.8, 4) is 0 Å². The maximum Gasteiger partial charge on any atom is 0.268 e. The van der Waals surface area contributed by atoms with Gasteiger partial charge in [0.15, 0.2) is 0 Å². The molecule has 0 atom stereocenters. The lowest BCUT2D eigenvalue weighted by Gasteiger charge is -2.08. The van der Waals surface area contributed by atoms with Gasteiger partial charge in [0.1, 0.15) is 0 Å². The van der Waals surface area contributed by atoms with Crippen LogP contribution in [0.4, 0.5) is 0 Å². The summed E-state index contributed by atoms with van der Waals surface area (Å²) in [6.45, 7) is 7.89. The second-order valence-electron chi connectivity index (χ2n) is 4.99. The molecule has 0 fully saturated rings. The number of aryl methyl sites for hydroxylation is 2. The van der Waals surface area contributed by atoms with E-state index in [0.29, 0.717) is 10.4 Å². The molecule has 0 saturated carbocycles. The Labute approximate surface area is 132 Å². The highest BCUT2D eigenvalue weighted by Gasteiger charge is 2.18. The number of nitrogens with zero attached hydrogens (tertiary/aromatic N) is 1. The molecule has 3 aromatic rings. The van der Waals surface area contributed by atoms with Gasteiger partial charge in [-0.05, 0) is 43.7 Å². The summed E-state index contributed by atoms with van der Waals surface area (Å²) in [5.74, 6) is 0. The van der Waals surface area contributed by atoms with Crippen LogP contribution in [0.2, 0.25) is 0 Å². The van der Waals surface area contributed by atoms with Gasteiger partial charge in [-0.2, -0.15) is 0 Å². The van der Waals surface area contributed by atoms with Crippen molar-refractivity contribution in [3.05, 3.63) is 65.9 Å².